The molecule has 1 fully saturated rings. The van der Waals surface area contributed by atoms with Crippen molar-refractivity contribution in [3.63, 3.8) is 0 Å². The van der Waals surface area contributed by atoms with E-state index in [9.17, 15) is 9.90 Å². The van der Waals surface area contributed by atoms with Gasteiger partial charge in [0.2, 0.25) is 11.0 Å². The van der Waals surface area contributed by atoms with Gasteiger partial charge in [-0.15, -0.1) is 10.2 Å². The second-order valence-corrected chi connectivity index (χ2v) is 6.82. The summed E-state index contributed by atoms with van der Waals surface area (Å²) >= 11 is 1.43. The molecule has 0 radical (unpaired) electrons. The SMILES string of the molecule is CCCCc1nnc(NC(=O)CN(C)CC(O)C2CC2)s1. The molecule has 1 saturated carbocycles. The predicted molar refractivity (Wildman–Crippen MR) is 83.4 cm³/mol. The van der Waals surface area contributed by atoms with E-state index in [4.69, 9.17) is 0 Å². The van der Waals surface area contributed by atoms with Gasteiger partial charge in [0.15, 0.2) is 0 Å². The van der Waals surface area contributed by atoms with E-state index in [0.717, 1.165) is 37.1 Å². The maximum atomic E-state index is 11.9. The van der Waals surface area contributed by atoms with Crippen molar-refractivity contribution in [2.45, 2.75) is 45.1 Å². The van der Waals surface area contributed by atoms with Gasteiger partial charge in [0.05, 0.1) is 12.6 Å². The van der Waals surface area contributed by atoms with Crippen LogP contribution in [-0.4, -0.2) is 52.4 Å². The number of hydrogen-bond acceptors (Lipinski definition) is 6. The molecule has 7 heteroatoms. The number of nitrogens with zero attached hydrogens (tertiary/aromatic N) is 3. The normalized spacial score (nSPS) is 16.2. The quantitative estimate of drug-likeness (QED) is 0.723. The average Bonchev–Trinajstić information content (AvgIpc) is 3.18. The lowest BCUT2D eigenvalue weighted by Gasteiger charge is -2.19. The second-order valence-electron chi connectivity index (χ2n) is 5.75. The van der Waals surface area contributed by atoms with Crippen molar-refractivity contribution in [3.05, 3.63) is 5.01 Å². The Bertz CT molecular complexity index is 462. The molecule has 2 rings (SSSR count). The van der Waals surface area contributed by atoms with Crippen LogP contribution in [0, 0.1) is 5.92 Å². The van der Waals surface area contributed by atoms with Crippen molar-refractivity contribution in [1.29, 1.82) is 0 Å². The summed E-state index contributed by atoms with van der Waals surface area (Å²) in [4.78, 5) is 13.8. The number of aryl methyl sites for hydroxylation is 1. The van der Waals surface area contributed by atoms with Crippen LogP contribution in [0.15, 0.2) is 0 Å². The molecule has 0 saturated heterocycles. The van der Waals surface area contributed by atoms with Crippen molar-refractivity contribution in [2.24, 2.45) is 5.92 Å². The van der Waals surface area contributed by atoms with Crippen LogP contribution in [0.3, 0.4) is 0 Å². The Hall–Kier alpha value is -1.05. The Kier molecular flexibility index (Phi) is 6.08. The second kappa shape index (κ2) is 7.82. The van der Waals surface area contributed by atoms with Crippen LogP contribution in [0.1, 0.15) is 37.6 Å². The Morgan fingerprint density at radius 3 is 2.95 bits per heavy atom. The van der Waals surface area contributed by atoms with E-state index in [1.807, 2.05) is 11.9 Å². The molecule has 1 unspecified atom stereocenters. The highest BCUT2D eigenvalue weighted by atomic mass is 32.1. The van der Waals surface area contributed by atoms with Crippen LogP contribution in [0.25, 0.3) is 0 Å². The average molecular weight is 312 g/mol. The van der Waals surface area contributed by atoms with Gasteiger partial charge in [0.25, 0.3) is 0 Å². The first-order valence-electron chi connectivity index (χ1n) is 7.57. The third-order valence-electron chi connectivity index (χ3n) is 3.54. The lowest BCUT2D eigenvalue weighted by Crippen LogP contribution is -2.36. The number of carbonyl (C=O) groups excluding carboxylic acids is 1. The third kappa shape index (κ3) is 5.68. The van der Waals surface area contributed by atoms with E-state index in [2.05, 4.69) is 22.4 Å². The maximum absolute atomic E-state index is 11.9. The van der Waals surface area contributed by atoms with Crippen LogP contribution >= 0.6 is 11.3 Å². The summed E-state index contributed by atoms with van der Waals surface area (Å²) in [6, 6.07) is 0. The number of anilines is 1. The summed E-state index contributed by atoms with van der Waals surface area (Å²) in [5, 5.41) is 22.2. The molecule has 1 amide bonds. The van der Waals surface area contributed by atoms with E-state index in [-0.39, 0.29) is 18.6 Å². The molecule has 1 aromatic rings. The molecular weight excluding hydrogens is 288 g/mol. The highest BCUT2D eigenvalue weighted by Gasteiger charge is 2.30. The van der Waals surface area contributed by atoms with Crippen molar-refractivity contribution < 1.29 is 9.90 Å². The molecule has 1 aliphatic carbocycles. The highest BCUT2D eigenvalue weighted by molar-refractivity contribution is 7.15. The van der Waals surface area contributed by atoms with Crippen LogP contribution in [0.5, 0.6) is 0 Å². The number of unbranched alkanes of at least 4 members (excludes halogenated alkanes) is 1. The molecule has 1 atom stereocenters. The standard InChI is InChI=1S/C14H24N4O2S/c1-3-4-5-13-16-17-14(21-13)15-12(20)9-18(2)8-11(19)10-6-7-10/h10-11,19H,3-9H2,1-2H3,(H,15,17,20). The first-order chi connectivity index (χ1) is 10.1. The van der Waals surface area contributed by atoms with Crippen molar-refractivity contribution in [2.75, 3.05) is 25.5 Å². The third-order valence-corrected chi connectivity index (χ3v) is 4.43. The number of likely N-dealkylation sites (N-methyl/N-ethyl adjacent to an activating group) is 1. The zero-order chi connectivity index (χ0) is 15.2. The van der Waals surface area contributed by atoms with Gasteiger partial charge in [0.1, 0.15) is 5.01 Å². The molecule has 21 heavy (non-hydrogen) atoms. The Labute approximate surface area is 129 Å². The Balaban J connectivity index is 1.71. The molecule has 1 aromatic heterocycles. The first-order valence-corrected chi connectivity index (χ1v) is 8.39. The van der Waals surface area contributed by atoms with Gasteiger partial charge in [-0.2, -0.15) is 0 Å². The molecule has 0 aliphatic heterocycles. The van der Waals surface area contributed by atoms with Crippen molar-refractivity contribution in [3.8, 4) is 0 Å². The van der Waals surface area contributed by atoms with Crippen molar-refractivity contribution >= 4 is 22.4 Å². The summed E-state index contributed by atoms with van der Waals surface area (Å²) in [7, 11) is 1.85. The largest absolute Gasteiger partial charge is 0.392 e. The lowest BCUT2D eigenvalue weighted by atomic mass is 10.2. The number of rotatable bonds is 9. The molecular formula is C14H24N4O2S. The Morgan fingerprint density at radius 2 is 2.29 bits per heavy atom. The monoisotopic (exact) mass is 312 g/mol. The lowest BCUT2D eigenvalue weighted by molar-refractivity contribution is -0.117. The summed E-state index contributed by atoms with van der Waals surface area (Å²) in [5.74, 6) is 0.318. The van der Waals surface area contributed by atoms with E-state index < -0.39 is 0 Å². The molecule has 1 aliphatic rings. The van der Waals surface area contributed by atoms with Crippen LogP contribution in [0.2, 0.25) is 0 Å². The van der Waals surface area contributed by atoms with E-state index in [1.54, 1.807) is 0 Å². The van der Waals surface area contributed by atoms with Gasteiger partial charge in [-0.1, -0.05) is 24.7 Å². The fraction of sp³-hybridized carbons (Fsp3) is 0.786. The molecule has 118 valence electrons. The molecule has 0 spiro atoms. The summed E-state index contributed by atoms with van der Waals surface area (Å²) in [6.45, 7) is 2.93. The van der Waals surface area contributed by atoms with Gasteiger partial charge in [-0.25, -0.2) is 0 Å². The summed E-state index contributed by atoms with van der Waals surface area (Å²) < 4.78 is 0. The molecule has 6 nitrogen and oxygen atoms in total. The van der Waals surface area contributed by atoms with Crippen LogP contribution in [-0.2, 0) is 11.2 Å². The summed E-state index contributed by atoms with van der Waals surface area (Å²) in [6.07, 6.45) is 5.01. The number of aromatic nitrogens is 2. The topological polar surface area (TPSA) is 78.4 Å². The number of nitrogens with one attached hydrogen (secondary N) is 1. The first kappa shape index (κ1) is 16.3. The number of amides is 1. The minimum atomic E-state index is -0.315. The smallest absolute Gasteiger partial charge is 0.240 e. The van der Waals surface area contributed by atoms with Crippen LogP contribution < -0.4 is 5.32 Å². The van der Waals surface area contributed by atoms with Crippen LogP contribution in [0.4, 0.5) is 5.13 Å². The van der Waals surface area contributed by atoms with E-state index in [0.29, 0.717) is 17.6 Å². The number of aliphatic hydroxyl groups excluding tert-OH is 1. The van der Waals surface area contributed by atoms with E-state index >= 15 is 0 Å². The molecule has 1 heterocycles. The van der Waals surface area contributed by atoms with Gasteiger partial charge in [-0.05, 0) is 32.2 Å². The summed E-state index contributed by atoms with van der Waals surface area (Å²) in [5.41, 5.74) is 0. The predicted octanol–water partition coefficient (Wildman–Crippen LogP) is 1.52. The number of aliphatic hydroxyl groups is 1. The van der Waals surface area contributed by atoms with E-state index in [1.165, 1.54) is 11.3 Å². The van der Waals surface area contributed by atoms with Crippen molar-refractivity contribution in [1.82, 2.24) is 15.1 Å². The highest BCUT2D eigenvalue weighted by Crippen LogP contribution is 2.32. The minimum Gasteiger partial charge on any atom is -0.392 e. The number of carbonyl (C=O) groups is 1. The van der Waals surface area contributed by atoms with Gasteiger partial charge in [-0.3, -0.25) is 15.0 Å². The Morgan fingerprint density at radius 1 is 1.52 bits per heavy atom. The van der Waals surface area contributed by atoms with Gasteiger partial charge in [0, 0.05) is 13.0 Å². The number of hydrogen-bond donors (Lipinski definition) is 2. The molecule has 0 aromatic carbocycles. The minimum absolute atomic E-state index is 0.112. The van der Waals surface area contributed by atoms with Gasteiger partial charge < -0.3 is 5.11 Å². The zero-order valence-corrected chi connectivity index (χ0v) is 13.5. The fourth-order valence-corrected chi connectivity index (χ4v) is 2.95. The maximum Gasteiger partial charge on any atom is 0.240 e. The molecule has 2 N–H and O–H groups in total. The zero-order valence-electron chi connectivity index (χ0n) is 12.7. The molecule has 0 bridgehead atoms. The van der Waals surface area contributed by atoms with Gasteiger partial charge >= 0.3 is 0 Å². The fourth-order valence-electron chi connectivity index (χ4n) is 2.15.